The van der Waals surface area contributed by atoms with Crippen LogP contribution in [0.4, 0.5) is 21.0 Å². The Balaban J connectivity index is 1.52. The number of urea groups is 2. The van der Waals surface area contributed by atoms with Crippen molar-refractivity contribution in [2.45, 2.75) is 70.6 Å². The Hall–Kier alpha value is -3.99. The molecule has 0 bridgehead atoms. The van der Waals surface area contributed by atoms with Crippen molar-refractivity contribution >= 4 is 29.3 Å². The third-order valence-electron chi connectivity index (χ3n) is 8.26. The zero-order valence-electron chi connectivity index (χ0n) is 25.6. The van der Waals surface area contributed by atoms with E-state index in [-0.39, 0.29) is 43.0 Å². The minimum atomic E-state index is -0.437. The summed E-state index contributed by atoms with van der Waals surface area (Å²) >= 11 is 0. The molecular formula is C32H45N5O6. The van der Waals surface area contributed by atoms with Gasteiger partial charge in [0.1, 0.15) is 17.6 Å². The van der Waals surface area contributed by atoms with E-state index in [1.807, 2.05) is 13.8 Å². The highest BCUT2D eigenvalue weighted by molar-refractivity contribution is 6.00. The molecule has 4 rings (SSSR count). The molecule has 1 aliphatic heterocycles. The number of hydrogen-bond acceptors (Lipinski definition) is 6. The number of carbonyl (C=O) groups excluding carboxylic acids is 3. The van der Waals surface area contributed by atoms with Crippen LogP contribution in [-0.4, -0.2) is 84.9 Å². The van der Waals surface area contributed by atoms with Crippen LogP contribution >= 0.6 is 0 Å². The van der Waals surface area contributed by atoms with Crippen molar-refractivity contribution in [3.05, 3.63) is 48.0 Å². The summed E-state index contributed by atoms with van der Waals surface area (Å²) in [7, 11) is 3.33. The number of rotatable bonds is 8. The van der Waals surface area contributed by atoms with Crippen molar-refractivity contribution in [2.24, 2.45) is 5.92 Å². The first-order valence-corrected chi connectivity index (χ1v) is 15.1. The average molecular weight is 596 g/mol. The van der Waals surface area contributed by atoms with Gasteiger partial charge in [0.05, 0.1) is 32.7 Å². The van der Waals surface area contributed by atoms with Gasteiger partial charge >= 0.3 is 12.1 Å². The number of carbonyl (C=O) groups is 3. The second kappa shape index (κ2) is 15.0. The van der Waals surface area contributed by atoms with Crippen molar-refractivity contribution in [2.75, 3.05) is 44.5 Å². The topological polar surface area (TPSA) is 132 Å². The molecule has 1 saturated carbocycles. The minimum absolute atomic E-state index is 0.0345. The van der Waals surface area contributed by atoms with Crippen LogP contribution in [0.2, 0.25) is 0 Å². The summed E-state index contributed by atoms with van der Waals surface area (Å²) in [6.45, 7) is 4.32. The van der Waals surface area contributed by atoms with Crippen LogP contribution in [0.5, 0.6) is 11.5 Å². The van der Waals surface area contributed by atoms with Gasteiger partial charge in [-0.2, -0.15) is 0 Å². The Morgan fingerprint density at radius 2 is 1.77 bits per heavy atom. The van der Waals surface area contributed by atoms with E-state index in [9.17, 15) is 19.5 Å². The summed E-state index contributed by atoms with van der Waals surface area (Å²) in [5, 5.41) is 18.7. The fourth-order valence-electron chi connectivity index (χ4n) is 5.58. The number of nitrogens with zero attached hydrogens (tertiary/aromatic N) is 2. The Labute approximate surface area is 253 Å². The third kappa shape index (κ3) is 8.76. The molecule has 43 heavy (non-hydrogen) atoms. The Morgan fingerprint density at radius 3 is 2.44 bits per heavy atom. The lowest BCUT2D eigenvalue weighted by atomic mass is 9.96. The van der Waals surface area contributed by atoms with Crippen LogP contribution in [-0.2, 0) is 11.2 Å². The highest BCUT2D eigenvalue weighted by Gasteiger charge is 2.32. The molecule has 2 aromatic rings. The molecule has 3 atom stereocenters. The third-order valence-corrected chi connectivity index (χ3v) is 8.26. The Bertz CT molecular complexity index is 1250. The van der Waals surface area contributed by atoms with E-state index in [0.29, 0.717) is 41.5 Å². The number of fused-ring (bicyclic) bond motifs is 1. The van der Waals surface area contributed by atoms with Crippen LogP contribution in [0.25, 0.3) is 0 Å². The number of methoxy groups -OCH3 is 1. The van der Waals surface area contributed by atoms with E-state index in [0.717, 1.165) is 25.7 Å². The molecule has 2 aliphatic rings. The van der Waals surface area contributed by atoms with Crippen LogP contribution in [0, 0.1) is 5.92 Å². The van der Waals surface area contributed by atoms with Gasteiger partial charge in [0.15, 0.2) is 0 Å². The average Bonchev–Trinajstić information content (AvgIpc) is 3.04. The molecule has 11 nitrogen and oxygen atoms in total. The van der Waals surface area contributed by atoms with E-state index in [1.54, 1.807) is 66.4 Å². The molecule has 1 fully saturated rings. The smallest absolute Gasteiger partial charge is 0.323 e. The van der Waals surface area contributed by atoms with Gasteiger partial charge in [-0.15, -0.1) is 0 Å². The molecule has 0 spiro atoms. The SMILES string of the molecule is COc1ccc(NC(=O)Nc2ccc3c(c2)CC(=O)N([C@H](C)CO)C[C@@H](C)[C@@H](CN(C)C(=O)NC2CCCCC2)O3)cc1. The first-order valence-electron chi connectivity index (χ1n) is 15.1. The number of hydrogen-bond donors (Lipinski definition) is 4. The Kier molecular flexibility index (Phi) is 11.1. The molecule has 1 aliphatic carbocycles. The van der Waals surface area contributed by atoms with Gasteiger partial charge in [-0.3, -0.25) is 4.79 Å². The molecule has 11 heteroatoms. The van der Waals surface area contributed by atoms with Gasteiger partial charge in [-0.25, -0.2) is 9.59 Å². The van der Waals surface area contributed by atoms with E-state index in [1.165, 1.54) is 6.42 Å². The van der Waals surface area contributed by atoms with Crippen LogP contribution in [0.3, 0.4) is 0 Å². The number of benzene rings is 2. The molecule has 1 heterocycles. The summed E-state index contributed by atoms with van der Waals surface area (Å²) < 4.78 is 11.7. The second-order valence-corrected chi connectivity index (χ2v) is 11.7. The van der Waals surface area contributed by atoms with Crippen molar-refractivity contribution in [1.29, 1.82) is 0 Å². The fourth-order valence-corrected chi connectivity index (χ4v) is 5.58. The second-order valence-electron chi connectivity index (χ2n) is 11.7. The number of aliphatic hydroxyl groups excluding tert-OH is 1. The standard InChI is InChI=1S/C32H45N5O6/c1-21-18-37(22(2)20-38)30(39)17-23-16-26(34-31(40)33-25-10-13-27(42-4)14-11-25)12-15-28(23)43-29(21)19-36(3)32(41)35-24-8-6-5-7-9-24/h10-16,21-22,24,29,38H,5-9,17-20H2,1-4H3,(H,35,41)(H2,33,34,40)/t21-,22-,29-/m1/s1. The first kappa shape index (κ1) is 31.9. The summed E-state index contributed by atoms with van der Waals surface area (Å²) in [6, 6.07) is 11.4. The molecule has 4 N–H and O–H groups in total. The van der Waals surface area contributed by atoms with Crippen molar-refractivity contribution in [1.82, 2.24) is 15.1 Å². The zero-order chi connectivity index (χ0) is 30.9. The van der Waals surface area contributed by atoms with Crippen LogP contribution in [0.15, 0.2) is 42.5 Å². The van der Waals surface area contributed by atoms with Crippen molar-refractivity contribution in [3.8, 4) is 11.5 Å². The predicted molar refractivity (Wildman–Crippen MR) is 166 cm³/mol. The molecule has 0 saturated heterocycles. The van der Waals surface area contributed by atoms with E-state index < -0.39 is 12.1 Å². The zero-order valence-corrected chi connectivity index (χ0v) is 25.6. The largest absolute Gasteiger partial charge is 0.497 e. The minimum Gasteiger partial charge on any atom is -0.497 e. The highest BCUT2D eigenvalue weighted by Crippen LogP contribution is 2.29. The Morgan fingerprint density at radius 1 is 1.09 bits per heavy atom. The van der Waals surface area contributed by atoms with E-state index >= 15 is 0 Å². The van der Waals surface area contributed by atoms with Gasteiger partial charge in [0.2, 0.25) is 5.91 Å². The number of likely N-dealkylation sites (N-methyl/N-ethyl adjacent to an activating group) is 1. The fraction of sp³-hybridized carbons (Fsp3) is 0.531. The lowest BCUT2D eigenvalue weighted by molar-refractivity contribution is -0.134. The number of nitrogens with one attached hydrogen (secondary N) is 3. The van der Waals surface area contributed by atoms with Gasteiger partial charge in [0.25, 0.3) is 0 Å². The maximum absolute atomic E-state index is 13.5. The molecule has 0 radical (unpaired) electrons. The number of amides is 5. The molecule has 5 amide bonds. The highest BCUT2D eigenvalue weighted by atomic mass is 16.5. The van der Waals surface area contributed by atoms with Gasteiger partial charge in [-0.1, -0.05) is 26.2 Å². The van der Waals surface area contributed by atoms with Crippen molar-refractivity contribution in [3.63, 3.8) is 0 Å². The molecule has 0 aromatic heterocycles. The maximum atomic E-state index is 13.5. The van der Waals surface area contributed by atoms with Crippen LogP contribution in [0.1, 0.15) is 51.5 Å². The van der Waals surface area contributed by atoms with E-state index in [2.05, 4.69) is 16.0 Å². The maximum Gasteiger partial charge on any atom is 0.323 e. The monoisotopic (exact) mass is 595 g/mol. The van der Waals surface area contributed by atoms with Gasteiger partial charge in [-0.05, 0) is 62.2 Å². The van der Waals surface area contributed by atoms with E-state index in [4.69, 9.17) is 9.47 Å². The summed E-state index contributed by atoms with van der Waals surface area (Å²) in [4.78, 5) is 42.6. The number of ether oxygens (including phenoxy) is 2. The normalized spacial score (nSPS) is 19.9. The predicted octanol–water partition coefficient (Wildman–Crippen LogP) is 4.46. The number of anilines is 2. The summed E-state index contributed by atoms with van der Waals surface area (Å²) in [5.74, 6) is 0.913. The molecule has 2 aromatic carbocycles. The molecular weight excluding hydrogens is 550 g/mol. The first-order chi connectivity index (χ1) is 20.7. The lowest BCUT2D eigenvalue weighted by Crippen LogP contribution is -2.50. The quantitative estimate of drug-likeness (QED) is 0.356. The molecule has 234 valence electrons. The van der Waals surface area contributed by atoms with Crippen LogP contribution < -0.4 is 25.4 Å². The van der Waals surface area contributed by atoms with Gasteiger partial charge in [0, 0.05) is 42.5 Å². The van der Waals surface area contributed by atoms with Crippen molar-refractivity contribution < 1.29 is 29.0 Å². The molecule has 0 unspecified atom stereocenters. The summed E-state index contributed by atoms with van der Waals surface area (Å²) in [5.41, 5.74) is 1.70. The summed E-state index contributed by atoms with van der Waals surface area (Å²) in [6.07, 6.45) is 5.06. The number of aliphatic hydroxyl groups is 1. The van der Waals surface area contributed by atoms with Gasteiger partial charge < -0.3 is 40.3 Å². The lowest BCUT2D eigenvalue weighted by Gasteiger charge is -2.34.